The lowest BCUT2D eigenvalue weighted by Gasteiger charge is -2.08. The van der Waals surface area contributed by atoms with E-state index in [0.717, 1.165) is 4.47 Å². The predicted octanol–water partition coefficient (Wildman–Crippen LogP) is 3.52. The molecule has 2 aromatic carbocycles. The number of non-ortho nitro benzene ring substituents is 1. The van der Waals surface area contributed by atoms with Gasteiger partial charge in [-0.25, -0.2) is 5.43 Å². The third kappa shape index (κ3) is 4.17. The van der Waals surface area contributed by atoms with E-state index in [-0.39, 0.29) is 5.69 Å². The number of carbonyl (C=O) groups excluding carboxylic acids is 1. The van der Waals surface area contributed by atoms with Crippen molar-refractivity contribution in [2.24, 2.45) is 5.10 Å². The van der Waals surface area contributed by atoms with Crippen LogP contribution in [0.4, 0.5) is 5.69 Å². The Morgan fingerprint density at radius 3 is 2.71 bits per heavy atom. The second-order valence-corrected chi connectivity index (χ2v) is 5.71. The number of hydrogen-bond donors (Lipinski definition) is 1. The number of nitrogens with zero attached hydrogens (tertiary/aromatic N) is 2. The smallest absolute Gasteiger partial charge is 0.275 e. The third-order valence-electron chi connectivity index (χ3n) is 3.21. The van der Waals surface area contributed by atoms with Gasteiger partial charge in [-0.05, 0) is 25.1 Å². The van der Waals surface area contributed by atoms with Crippen molar-refractivity contribution in [2.45, 2.75) is 6.92 Å². The van der Waals surface area contributed by atoms with Crippen LogP contribution in [0.5, 0.6) is 5.75 Å². The van der Waals surface area contributed by atoms with Gasteiger partial charge in [0.05, 0.1) is 23.3 Å². The van der Waals surface area contributed by atoms with Gasteiger partial charge in [-0.2, -0.15) is 5.10 Å². The number of nitrogens with one attached hydrogen (secondary N) is 1. The maximum absolute atomic E-state index is 12.3. The van der Waals surface area contributed by atoms with Crippen LogP contribution >= 0.6 is 15.9 Å². The van der Waals surface area contributed by atoms with Gasteiger partial charge in [0.15, 0.2) is 0 Å². The molecule has 124 valence electrons. The van der Waals surface area contributed by atoms with Crippen LogP contribution in [-0.2, 0) is 0 Å². The van der Waals surface area contributed by atoms with E-state index in [1.807, 2.05) is 0 Å². The van der Waals surface area contributed by atoms with Crippen LogP contribution in [0.2, 0.25) is 0 Å². The highest BCUT2D eigenvalue weighted by Gasteiger charge is 2.13. The molecule has 0 spiro atoms. The number of benzene rings is 2. The minimum absolute atomic E-state index is 0.0398. The maximum Gasteiger partial charge on any atom is 0.275 e. The van der Waals surface area contributed by atoms with Crippen LogP contribution in [-0.4, -0.2) is 23.7 Å². The summed E-state index contributed by atoms with van der Waals surface area (Å²) in [6.07, 6.45) is 0. The van der Waals surface area contributed by atoms with Gasteiger partial charge >= 0.3 is 0 Å². The van der Waals surface area contributed by atoms with Gasteiger partial charge in [-0.3, -0.25) is 14.9 Å². The summed E-state index contributed by atoms with van der Waals surface area (Å²) < 4.78 is 5.88. The van der Waals surface area contributed by atoms with E-state index >= 15 is 0 Å². The van der Waals surface area contributed by atoms with Crippen LogP contribution in [0, 0.1) is 10.1 Å². The normalized spacial score (nSPS) is 11.0. The van der Waals surface area contributed by atoms with E-state index in [9.17, 15) is 14.9 Å². The molecule has 0 aliphatic rings. The number of rotatable bonds is 5. The molecule has 7 nitrogen and oxygen atoms in total. The van der Waals surface area contributed by atoms with Crippen molar-refractivity contribution < 1.29 is 14.5 Å². The van der Waals surface area contributed by atoms with Gasteiger partial charge in [0.2, 0.25) is 0 Å². The van der Waals surface area contributed by atoms with Crippen molar-refractivity contribution in [3.8, 4) is 5.75 Å². The van der Waals surface area contributed by atoms with Crippen LogP contribution in [0.1, 0.15) is 22.8 Å². The van der Waals surface area contributed by atoms with Crippen LogP contribution < -0.4 is 10.2 Å². The van der Waals surface area contributed by atoms with Crippen LogP contribution in [0.25, 0.3) is 0 Å². The first-order valence-electron chi connectivity index (χ1n) is 6.85. The molecule has 2 aromatic rings. The first-order valence-corrected chi connectivity index (χ1v) is 7.64. The third-order valence-corrected chi connectivity index (χ3v) is 3.70. The second-order valence-electron chi connectivity index (χ2n) is 4.79. The van der Waals surface area contributed by atoms with Gasteiger partial charge in [0.25, 0.3) is 11.6 Å². The number of amides is 1. The summed E-state index contributed by atoms with van der Waals surface area (Å²) in [5.74, 6) is -0.0307. The molecular weight excluding hydrogens is 378 g/mol. The summed E-state index contributed by atoms with van der Waals surface area (Å²) in [5.41, 5.74) is 3.70. The number of nitro benzene ring substituents is 1. The van der Waals surface area contributed by atoms with Crippen molar-refractivity contribution >= 4 is 33.2 Å². The summed E-state index contributed by atoms with van der Waals surface area (Å²) in [5, 5.41) is 14.8. The molecule has 0 heterocycles. The summed E-state index contributed by atoms with van der Waals surface area (Å²) >= 11 is 3.30. The summed E-state index contributed by atoms with van der Waals surface area (Å²) in [7, 11) is 1.47. The number of methoxy groups -OCH3 is 1. The van der Waals surface area contributed by atoms with Crippen LogP contribution in [0.15, 0.2) is 52.0 Å². The zero-order valence-electron chi connectivity index (χ0n) is 12.9. The molecule has 1 amide bonds. The van der Waals surface area contributed by atoms with E-state index in [4.69, 9.17) is 4.74 Å². The number of halogens is 1. The molecule has 0 unspecified atom stereocenters. The number of carbonyl (C=O) groups is 1. The van der Waals surface area contributed by atoms with Gasteiger partial charge in [0, 0.05) is 22.2 Å². The lowest BCUT2D eigenvalue weighted by Crippen LogP contribution is -2.20. The Labute approximate surface area is 146 Å². The quantitative estimate of drug-likeness (QED) is 0.479. The number of nitro groups is 1. The molecule has 2 rings (SSSR count). The Balaban J connectivity index is 2.21. The molecule has 0 aliphatic heterocycles. The van der Waals surface area contributed by atoms with Gasteiger partial charge in [-0.15, -0.1) is 0 Å². The van der Waals surface area contributed by atoms with Gasteiger partial charge in [0.1, 0.15) is 5.75 Å². The monoisotopic (exact) mass is 391 g/mol. The minimum Gasteiger partial charge on any atom is -0.496 e. The topological polar surface area (TPSA) is 93.8 Å². The molecule has 0 aromatic heterocycles. The molecule has 0 aliphatic carbocycles. The fourth-order valence-electron chi connectivity index (χ4n) is 1.96. The lowest BCUT2D eigenvalue weighted by atomic mass is 10.1. The molecule has 0 atom stereocenters. The molecule has 0 saturated carbocycles. The van der Waals surface area contributed by atoms with Crippen molar-refractivity contribution in [2.75, 3.05) is 7.11 Å². The van der Waals surface area contributed by atoms with Crippen molar-refractivity contribution in [3.05, 3.63) is 68.2 Å². The number of hydrazone groups is 1. The summed E-state index contributed by atoms with van der Waals surface area (Å²) in [4.78, 5) is 22.6. The molecular formula is C16H14BrN3O4. The standard InChI is InChI=1S/C16H14BrN3O4/c1-10(11-4-3-5-13(8-11)20(22)23)18-19-16(21)14-9-12(17)6-7-15(14)24-2/h3-9H,1-2H3,(H,19,21)/b18-10-. The minimum atomic E-state index is -0.484. The maximum atomic E-state index is 12.3. The Hall–Kier alpha value is -2.74. The Bertz CT molecular complexity index is 821. The first-order chi connectivity index (χ1) is 11.4. The van der Waals surface area contributed by atoms with Crippen molar-refractivity contribution in [1.29, 1.82) is 0 Å². The Kier molecular flexibility index (Phi) is 5.64. The lowest BCUT2D eigenvalue weighted by molar-refractivity contribution is -0.384. The predicted molar refractivity (Wildman–Crippen MR) is 93.5 cm³/mol. The van der Waals surface area contributed by atoms with Gasteiger partial charge < -0.3 is 4.74 Å². The SMILES string of the molecule is COc1ccc(Br)cc1C(=O)N/N=C(/C)c1cccc([N+](=O)[O-])c1. The van der Waals surface area contributed by atoms with E-state index in [1.165, 1.54) is 19.2 Å². The Morgan fingerprint density at radius 2 is 2.04 bits per heavy atom. The largest absolute Gasteiger partial charge is 0.496 e. The average molecular weight is 392 g/mol. The molecule has 0 fully saturated rings. The molecule has 8 heteroatoms. The first kappa shape index (κ1) is 17.6. The molecule has 24 heavy (non-hydrogen) atoms. The summed E-state index contributed by atoms with van der Waals surface area (Å²) in [6.45, 7) is 1.65. The number of ether oxygens (including phenoxy) is 1. The fourth-order valence-corrected chi connectivity index (χ4v) is 2.32. The zero-order valence-corrected chi connectivity index (χ0v) is 14.5. The molecule has 0 radical (unpaired) electrons. The van der Waals surface area contributed by atoms with Gasteiger partial charge in [-0.1, -0.05) is 28.1 Å². The van der Waals surface area contributed by atoms with E-state index in [1.54, 1.807) is 37.3 Å². The second kappa shape index (κ2) is 7.69. The molecule has 1 N–H and O–H groups in total. The van der Waals surface area contributed by atoms with E-state index in [2.05, 4.69) is 26.5 Å². The highest BCUT2D eigenvalue weighted by atomic mass is 79.9. The van der Waals surface area contributed by atoms with E-state index < -0.39 is 10.8 Å². The zero-order chi connectivity index (χ0) is 17.7. The molecule has 0 saturated heterocycles. The van der Waals surface area contributed by atoms with Crippen molar-refractivity contribution in [1.82, 2.24) is 5.43 Å². The molecule has 0 bridgehead atoms. The van der Waals surface area contributed by atoms with Crippen LogP contribution in [0.3, 0.4) is 0 Å². The highest BCUT2D eigenvalue weighted by molar-refractivity contribution is 9.10. The Morgan fingerprint density at radius 1 is 1.29 bits per heavy atom. The van der Waals surface area contributed by atoms with E-state index in [0.29, 0.717) is 22.6 Å². The number of hydrogen-bond acceptors (Lipinski definition) is 5. The fraction of sp³-hybridized carbons (Fsp3) is 0.125. The van der Waals surface area contributed by atoms with Crippen molar-refractivity contribution in [3.63, 3.8) is 0 Å². The highest BCUT2D eigenvalue weighted by Crippen LogP contribution is 2.22. The summed E-state index contributed by atoms with van der Waals surface area (Å²) in [6, 6.07) is 11.1. The average Bonchev–Trinajstić information content (AvgIpc) is 2.59.